The van der Waals surface area contributed by atoms with Crippen molar-refractivity contribution in [2.24, 2.45) is 5.92 Å². The maximum Gasteiger partial charge on any atom is 0.318 e. The average molecular weight is 374 g/mol. The molecule has 3 N–H and O–H groups in total. The number of β-amino-alcohol motifs (C(OH)–C–C–N with tert-alkyl or cyclic N) is 1. The van der Waals surface area contributed by atoms with Gasteiger partial charge in [0.25, 0.3) is 0 Å². The first kappa shape index (κ1) is 19.6. The summed E-state index contributed by atoms with van der Waals surface area (Å²) in [7, 11) is 0. The van der Waals surface area contributed by atoms with Crippen molar-refractivity contribution in [2.75, 3.05) is 31.6 Å². The Bertz CT molecular complexity index is 681. The minimum absolute atomic E-state index is 0.0446. The van der Waals surface area contributed by atoms with Crippen molar-refractivity contribution in [1.29, 1.82) is 0 Å². The van der Waals surface area contributed by atoms with Gasteiger partial charge in [-0.05, 0) is 24.0 Å². The lowest BCUT2D eigenvalue weighted by Crippen LogP contribution is -2.54. The fourth-order valence-electron chi connectivity index (χ4n) is 3.95. The summed E-state index contributed by atoms with van der Waals surface area (Å²) < 4.78 is 0. The van der Waals surface area contributed by atoms with Crippen LogP contribution in [0.1, 0.15) is 32.3 Å². The second-order valence-electron chi connectivity index (χ2n) is 7.56. The number of aliphatic hydroxyl groups is 1. The highest BCUT2D eigenvalue weighted by Gasteiger charge is 2.37. The van der Waals surface area contributed by atoms with Crippen molar-refractivity contribution in [3.63, 3.8) is 0 Å². The van der Waals surface area contributed by atoms with Crippen LogP contribution in [0.2, 0.25) is 0 Å². The standard InChI is InChI=1S/C20H30N4O3/c1-3-14(2)18-19(26)22-17-7-5-4-6-15(17)12-24(18)20(27)21-16-8-9-23(13-16)10-11-25/h4-7,14,16,18,25H,3,8-13H2,1-2H3,(H,21,27)(H,22,26)/t14-,16-,18-/m0/s1. The van der Waals surface area contributed by atoms with E-state index >= 15 is 0 Å². The van der Waals surface area contributed by atoms with Crippen LogP contribution in [0, 0.1) is 5.92 Å². The van der Waals surface area contributed by atoms with Gasteiger partial charge in [0.1, 0.15) is 6.04 Å². The summed E-state index contributed by atoms with van der Waals surface area (Å²) in [6.07, 6.45) is 1.67. The van der Waals surface area contributed by atoms with Crippen LogP contribution in [-0.2, 0) is 11.3 Å². The largest absolute Gasteiger partial charge is 0.395 e. The van der Waals surface area contributed by atoms with Crippen molar-refractivity contribution in [2.45, 2.75) is 45.3 Å². The number of nitrogens with one attached hydrogen (secondary N) is 2. The van der Waals surface area contributed by atoms with Crippen LogP contribution in [-0.4, -0.2) is 65.2 Å². The molecule has 3 atom stereocenters. The Morgan fingerprint density at radius 1 is 1.41 bits per heavy atom. The van der Waals surface area contributed by atoms with Crippen LogP contribution in [0.15, 0.2) is 24.3 Å². The molecular weight excluding hydrogens is 344 g/mol. The Kier molecular flexibility index (Phi) is 6.34. The number of carbonyl (C=O) groups excluding carboxylic acids is 2. The zero-order valence-electron chi connectivity index (χ0n) is 16.1. The van der Waals surface area contributed by atoms with E-state index in [0.717, 1.165) is 37.2 Å². The Balaban J connectivity index is 1.78. The van der Waals surface area contributed by atoms with Gasteiger partial charge in [-0.25, -0.2) is 4.79 Å². The fraction of sp³-hybridized carbons (Fsp3) is 0.600. The molecule has 0 aromatic heterocycles. The molecule has 0 radical (unpaired) electrons. The van der Waals surface area contributed by atoms with E-state index in [1.54, 1.807) is 4.90 Å². The number of likely N-dealkylation sites (tertiary alicyclic amines) is 1. The second-order valence-corrected chi connectivity index (χ2v) is 7.56. The van der Waals surface area contributed by atoms with E-state index in [-0.39, 0.29) is 30.5 Å². The number of amides is 3. The van der Waals surface area contributed by atoms with E-state index in [4.69, 9.17) is 5.11 Å². The average Bonchev–Trinajstić information content (AvgIpc) is 3.02. The predicted octanol–water partition coefficient (Wildman–Crippen LogP) is 1.63. The molecule has 0 aliphatic carbocycles. The third-order valence-electron chi connectivity index (χ3n) is 5.68. The summed E-state index contributed by atoms with van der Waals surface area (Å²) >= 11 is 0. The molecule has 148 valence electrons. The number of anilines is 1. The fourth-order valence-corrected chi connectivity index (χ4v) is 3.95. The molecule has 0 spiro atoms. The first-order valence-electron chi connectivity index (χ1n) is 9.82. The van der Waals surface area contributed by atoms with Gasteiger partial charge in [-0.1, -0.05) is 38.5 Å². The first-order chi connectivity index (χ1) is 13.0. The molecule has 3 amide bonds. The molecule has 2 aliphatic rings. The third kappa shape index (κ3) is 4.42. The van der Waals surface area contributed by atoms with Gasteiger partial charge in [-0.15, -0.1) is 0 Å². The number of hydrogen-bond acceptors (Lipinski definition) is 4. The quantitative estimate of drug-likeness (QED) is 0.731. The van der Waals surface area contributed by atoms with Crippen LogP contribution in [0.25, 0.3) is 0 Å². The lowest BCUT2D eigenvalue weighted by atomic mass is 9.97. The van der Waals surface area contributed by atoms with Gasteiger partial charge in [-0.3, -0.25) is 9.69 Å². The molecule has 2 heterocycles. The molecule has 0 unspecified atom stereocenters. The lowest BCUT2D eigenvalue weighted by molar-refractivity contribution is -0.121. The van der Waals surface area contributed by atoms with E-state index in [9.17, 15) is 9.59 Å². The van der Waals surface area contributed by atoms with E-state index in [2.05, 4.69) is 15.5 Å². The predicted molar refractivity (Wildman–Crippen MR) is 104 cm³/mol. The van der Waals surface area contributed by atoms with E-state index in [0.29, 0.717) is 13.1 Å². The molecule has 0 bridgehead atoms. The molecule has 1 saturated heterocycles. The number of aliphatic hydroxyl groups excluding tert-OH is 1. The van der Waals surface area contributed by atoms with Crippen LogP contribution in [0.4, 0.5) is 10.5 Å². The summed E-state index contributed by atoms with van der Waals surface area (Å²) in [6, 6.07) is 7.00. The number of fused-ring (bicyclic) bond motifs is 1. The minimum atomic E-state index is -0.502. The topological polar surface area (TPSA) is 84.9 Å². The number of para-hydroxylation sites is 1. The molecule has 3 rings (SSSR count). The lowest BCUT2D eigenvalue weighted by Gasteiger charge is -2.33. The number of carbonyl (C=O) groups is 2. The highest BCUT2D eigenvalue weighted by molar-refractivity contribution is 5.98. The Labute approximate surface area is 160 Å². The van der Waals surface area contributed by atoms with Crippen molar-refractivity contribution >= 4 is 17.6 Å². The molecule has 7 heteroatoms. The van der Waals surface area contributed by atoms with Gasteiger partial charge < -0.3 is 20.6 Å². The molecule has 1 fully saturated rings. The minimum Gasteiger partial charge on any atom is -0.395 e. The van der Waals surface area contributed by atoms with Gasteiger partial charge in [0.2, 0.25) is 5.91 Å². The highest BCUT2D eigenvalue weighted by Crippen LogP contribution is 2.27. The second kappa shape index (κ2) is 8.71. The molecule has 1 aromatic carbocycles. The van der Waals surface area contributed by atoms with E-state index < -0.39 is 6.04 Å². The van der Waals surface area contributed by atoms with Gasteiger partial charge in [0, 0.05) is 31.4 Å². The Morgan fingerprint density at radius 2 is 2.19 bits per heavy atom. The van der Waals surface area contributed by atoms with Crippen molar-refractivity contribution in [1.82, 2.24) is 15.1 Å². The maximum absolute atomic E-state index is 13.1. The van der Waals surface area contributed by atoms with Crippen molar-refractivity contribution in [3.05, 3.63) is 29.8 Å². The summed E-state index contributed by atoms with van der Waals surface area (Å²) in [5, 5.41) is 15.2. The van der Waals surface area contributed by atoms with Crippen molar-refractivity contribution < 1.29 is 14.7 Å². The zero-order chi connectivity index (χ0) is 19.4. The van der Waals surface area contributed by atoms with Crippen LogP contribution in [0.5, 0.6) is 0 Å². The summed E-state index contributed by atoms with van der Waals surface area (Å²) in [5.74, 6) is -0.0719. The number of nitrogens with zero attached hydrogens (tertiary/aromatic N) is 2. The third-order valence-corrected chi connectivity index (χ3v) is 5.68. The summed E-state index contributed by atoms with van der Waals surface area (Å²) in [6.45, 7) is 6.80. The van der Waals surface area contributed by atoms with Crippen LogP contribution >= 0.6 is 0 Å². The van der Waals surface area contributed by atoms with Gasteiger partial charge in [0.15, 0.2) is 0 Å². The molecular formula is C20H30N4O3. The van der Waals surface area contributed by atoms with E-state index in [1.165, 1.54) is 0 Å². The van der Waals surface area contributed by atoms with Gasteiger partial charge >= 0.3 is 6.03 Å². The highest BCUT2D eigenvalue weighted by atomic mass is 16.3. The van der Waals surface area contributed by atoms with Crippen LogP contribution < -0.4 is 10.6 Å². The van der Waals surface area contributed by atoms with Gasteiger partial charge in [0.05, 0.1) is 13.2 Å². The normalized spacial score (nSPS) is 24.1. The van der Waals surface area contributed by atoms with E-state index in [1.807, 2.05) is 38.1 Å². The first-order valence-corrected chi connectivity index (χ1v) is 9.82. The molecule has 1 aromatic rings. The number of hydrogen-bond donors (Lipinski definition) is 3. The smallest absolute Gasteiger partial charge is 0.318 e. The molecule has 7 nitrogen and oxygen atoms in total. The Morgan fingerprint density at radius 3 is 2.93 bits per heavy atom. The molecule has 2 aliphatic heterocycles. The Hall–Kier alpha value is -2.12. The van der Waals surface area contributed by atoms with Crippen LogP contribution in [0.3, 0.4) is 0 Å². The summed E-state index contributed by atoms with van der Waals surface area (Å²) in [4.78, 5) is 29.8. The SMILES string of the molecule is CC[C@H](C)[C@H]1C(=O)Nc2ccccc2CN1C(=O)N[C@H]1CCN(CCO)C1. The zero-order valence-corrected chi connectivity index (χ0v) is 16.1. The monoisotopic (exact) mass is 374 g/mol. The number of rotatable bonds is 5. The molecule has 27 heavy (non-hydrogen) atoms. The molecule has 0 saturated carbocycles. The summed E-state index contributed by atoms with van der Waals surface area (Å²) in [5.41, 5.74) is 1.72. The maximum atomic E-state index is 13.1. The van der Waals surface area contributed by atoms with Crippen molar-refractivity contribution in [3.8, 4) is 0 Å². The number of benzene rings is 1. The number of urea groups is 1. The van der Waals surface area contributed by atoms with Gasteiger partial charge in [-0.2, -0.15) is 0 Å².